The Labute approximate surface area is 158 Å². The van der Waals surface area contributed by atoms with Crippen molar-refractivity contribution in [3.63, 3.8) is 0 Å². The molecule has 0 spiro atoms. The number of benzene rings is 1. The summed E-state index contributed by atoms with van der Waals surface area (Å²) in [4.78, 5) is 18.7. The van der Waals surface area contributed by atoms with Crippen molar-refractivity contribution in [2.45, 2.75) is 25.4 Å². The zero-order chi connectivity index (χ0) is 18.3. The molecule has 0 saturated heterocycles. The van der Waals surface area contributed by atoms with E-state index in [9.17, 15) is 4.79 Å². The number of fused-ring (bicyclic) bond motifs is 2. The minimum atomic E-state index is -0.880. The Morgan fingerprint density at radius 2 is 2.31 bits per heavy atom. The number of carbonyl (C=O) groups is 1. The van der Waals surface area contributed by atoms with Crippen LogP contribution >= 0.6 is 22.9 Å². The maximum absolute atomic E-state index is 11.0. The van der Waals surface area contributed by atoms with E-state index in [0.29, 0.717) is 16.6 Å². The zero-order valence-electron chi connectivity index (χ0n) is 13.5. The van der Waals surface area contributed by atoms with E-state index < -0.39 is 5.97 Å². The predicted octanol–water partition coefficient (Wildman–Crippen LogP) is 5.19. The monoisotopic (exact) mass is 384 g/mol. The van der Waals surface area contributed by atoms with Crippen molar-refractivity contribution in [2.75, 3.05) is 0 Å². The van der Waals surface area contributed by atoms with E-state index in [2.05, 4.69) is 9.83 Å². The van der Waals surface area contributed by atoms with E-state index >= 15 is 0 Å². The van der Waals surface area contributed by atoms with Gasteiger partial charge >= 0.3 is 5.97 Å². The first-order valence-electron chi connectivity index (χ1n) is 8.00. The standard InChI is InChI=1S/C19H13ClN2O3S/c1-21-17-5-2-12-14(22-17)3-4-15(12)25-11-7-13(20)19-10(6-18(23)24)9-26-16(19)8-11/h2,5,7-9,15H,3-4,6H2,(H,23,24). The fraction of sp³-hybridized carbons (Fsp3) is 0.211. The molecule has 0 aliphatic heterocycles. The molecule has 1 aliphatic carbocycles. The molecule has 3 aromatic rings. The topological polar surface area (TPSA) is 63.8 Å². The molecule has 5 nitrogen and oxygen atoms in total. The Hall–Kier alpha value is -2.62. The van der Waals surface area contributed by atoms with Crippen LogP contribution in [-0.2, 0) is 17.6 Å². The van der Waals surface area contributed by atoms with Gasteiger partial charge in [0.05, 0.1) is 11.4 Å². The van der Waals surface area contributed by atoms with Crippen molar-refractivity contribution in [2.24, 2.45) is 0 Å². The highest BCUT2D eigenvalue weighted by atomic mass is 35.5. The molecule has 0 radical (unpaired) electrons. The number of hydrogen-bond donors (Lipinski definition) is 1. The Morgan fingerprint density at radius 3 is 3.08 bits per heavy atom. The molecule has 1 atom stereocenters. The molecule has 26 heavy (non-hydrogen) atoms. The average Bonchev–Trinajstić information content (AvgIpc) is 3.19. The summed E-state index contributed by atoms with van der Waals surface area (Å²) in [6, 6.07) is 7.25. The number of ether oxygens (including phenoxy) is 1. The molecule has 130 valence electrons. The van der Waals surface area contributed by atoms with Gasteiger partial charge in [0, 0.05) is 22.1 Å². The molecule has 4 rings (SSSR count). The summed E-state index contributed by atoms with van der Waals surface area (Å²) in [5, 5.41) is 12.1. The van der Waals surface area contributed by atoms with Crippen molar-refractivity contribution in [3.05, 3.63) is 62.9 Å². The summed E-state index contributed by atoms with van der Waals surface area (Å²) in [5.41, 5.74) is 2.64. The van der Waals surface area contributed by atoms with Crippen molar-refractivity contribution < 1.29 is 14.6 Å². The highest BCUT2D eigenvalue weighted by Crippen LogP contribution is 2.40. The Kier molecular flexibility index (Phi) is 4.27. The van der Waals surface area contributed by atoms with Crippen LogP contribution in [0.1, 0.15) is 29.3 Å². The molecular weight excluding hydrogens is 372 g/mol. The quantitative estimate of drug-likeness (QED) is 0.628. The summed E-state index contributed by atoms with van der Waals surface area (Å²) in [6.07, 6.45) is 1.41. The number of carboxylic acid groups (broad SMARTS) is 1. The van der Waals surface area contributed by atoms with Gasteiger partial charge in [-0.05, 0) is 35.6 Å². The Balaban J connectivity index is 1.64. The summed E-state index contributed by atoms with van der Waals surface area (Å²) in [7, 11) is 0. The van der Waals surface area contributed by atoms with Crippen LogP contribution in [0.15, 0.2) is 29.6 Å². The molecule has 2 heterocycles. The number of rotatable bonds is 4. The van der Waals surface area contributed by atoms with E-state index in [1.165, 1.54) is 11.3 Å². The third-order valence-corrected chi connectivity index (χ3v) is 5.67. The van der Waals surface area contributed by atoms with Gasteiger partial charge in [0.25, 0.3) is 5.82 Å². The van der Waals surface area contributed by atoms with Crippen LogP contribution in [0.3, 0.4) is 0 Å². The summed E-state index contributed by atoms with van der Waals surface area (Å²) in [6.45, 7) is 7.06. The number of halogens is 1. The lowest BCUT2D eigenvalue weighted by molar-refractivity contribution is -0.136. The molecular formula is C19H13ClN2O3S. The largest absolute Gasteiger partial charge is 0.485 e. The maximum Gasteiger partial charge on any atom is 0.307 e. The fourth-order valence-corrected chi connectivity index (χ4v) is 4.68. The van der Waals surface area contributed by atoms with Gasteiger partial charge in [-0.3, -0.25) is 4.79 Å². The molecule has 1 aromatic carbocycles. The van der Waals surface area contributed by atoms with Crippen molar-refractivity contribution in [1.29, 1.82) is 0 Å². The second-order valence-corrected chi connectivity index (χ2v) is 7.39. The molecule has 1 aliphatic rings. The van der Waals surface area contributed by atoms with Crippen molar-refractivity contribution in [1.82, 2.24) is 4.98 Å². The Morgan fingerprint density at radius 1 is 1.46 bits per heavy atom. The number of aliphatic carboxylic acids is 1. The third-order valence-electron chi connectivity index (χ3n) is 4.40. The number of thiophene rings is 1. The molecule has 0 saturated carbocycles. The molecule has 2 aromatic heterocycles. The maximum atomic E-state index is 11.0. The first kappa shape index (κ1) is 16.8. The van der Waals surface area contributed by atoms with Gasteiger partial charge < -0.3 is 14.7 Å². The normalized spacial score (nSPS) is 15.6. The van der Waals surface area contributed by atoms with Gasteiger partial charge in [-0.1, -0.05) is 24.2 Å². The Bertz CT molecular complexity index is 1070. The number of aromatic nitrogens is 1. The van der Waals surface area contributed by atoms with Crippen molar-refractivity contribution in [3.8, 4) is 5.75 Å². The predicted molar refractivity (Wildman–Crippen MR) is 100 cm³/mol. The van der Waals surface area contributed by atoms with Crippen LogP contribution in [0.2, 0.25) is 5.02 Å². The molecule has 1 N–H and O–H groups in total. The lowest BCUT2D eigenvalue weighted by Gasteiger charge is -2.15. The molecule has 0 bridgehead atoms. The fourth-order valence-electron chi connectivity index (χ4n) is 3.28. The average molecular weight is 385 g/mol. The second kappa shape index (κ2) is 6.60. The van der Waals surface area contributed by atoms with Gasteiger partial charge in [-0.2, -0.15) is 0 Å². The molecule has 7 heteroatoms. The van der Waals surface area contributed by atoms with Crippen LogP contribution in [0, 0.1) is 6.57 Å². The molecule has 0 amide bonds. The first-order valence-corrected chi connectivity index (χ1v) is 9.26. The van der Waals surface area contributed by atoms with E-state index in [1.807, 2.05) is 17.5 Å². The number of carboxylic acids is 1. The highest BCUT2D eigenvalue weighted by Gasteiger charge is 2.28. The van der Waals surface area contributed by atoms with E-state index in [4.69, 9.17) is 28.0 Å². The summed E-state index contributed by atoms with van der Waals surface area (Å²) < 4.78 is 7.05. The van der Waals surface area contributed by atoms with Crippen LogP contribution in [0.25, 0.3) is 14.9 Å². The molecule has 1 unspecified atom stereocenters. The van der Waals surface area contributed by atoms with E-state index in [1.54, 1.807) is 12.1 Å². The molecule has 0 fully saturated rings. The van der Waals surface area contributed by atoms with Gasteiger partial charge in [0.1, 0.15) is 17.5 Å². The minimum Gasteiger partial charge on any atom is -0.485 e. The van der Waals surface area contributed by atoms with Gasteiger partial charge in [0.2, 0.25) is 0 Å². The zero-order valence-corrected chi connectivity index (χ0v) is 15.1. The highest BCUT2D eigenvalue weighted by molar-refractivity contribution is 7.17. The first-order chi connectivity index (χ1) is 12.5. The van der Waals surface area contributed by atoms with Crippen molar-refractivity contribution >= 4 is 44.8 Å². The summed E-state index contributed by atoms with van der Waals surface area (Å²) >= 11 is 7.86. The van der Waals surface area contributed by atoms with Gasteiger partial charge in [-0.25, -0.2) is 0 Å². The van der Waals surface area contributed by atoms with Gasteiger partial charge in [0.15, 0.2) is 0 Å². The van der Waals surface area contributed by atoms with Crippen LogP contribution in [0.4, 0.5) is 5.82 Å². The lowest BCUT2D eigenvalue weighted by Crippen LogP contribution is -2.03. The number of nitrogens with zero attached hydrogens (tertiary/aromatic N) is 2. The van der Waals surface area contributed by atoms with Gasteiger partial charge in [-0.15, -0.1) is 16.3 Å². The third kappa shape index (κ3) is 3.00. The lowest BCUT2D eigenvalue weighted by atomic mass is 10.1. The van der Waals surface area contributed by atoms with E-state index in [0.717, 1.165) is 39.7 Å². The van der Waals surface area contributed by atoms with Crippen LogP contribution in [-0.4, -0.2) is 16.1 Å². The summed E-state index contributed by atoms with van der Waals surface area (Å²) in [5.74, 6) is 0.173. The second-order valence-electron chi connectivity index (χ2n) is 6.07. The van der Waals surface area contributed by atoms with E-state index in [-0.39, 0.29) is 12.5 Å². The number of aryl methyl sites for hydroxylation is 1. The SMILES string of the molecule is [C-]#[N+]c1ccc2c(n1)CCC2Oc1cc(Cl)c2c(CC(=O)O)csc2c1. The van der Waals surface area contributed by atoms with Crippen LogP contribution in [0.5, 0.6) is 5.75 Å². The number of pyridine rings is 1. The minimum absolute atomic E-state index is 0.0506. The number of hydrogen-bond acceptors (Lipinski definition) is 4. The smallest absolute Gasteiger partial charge is 0.307 e. The van der Waals surface area contributed by atoms with Crippen LogP contribution < -0.4 is 4.74 Å².